The normalized spacial score (nSPS) is 22.0. The predicted octanol–water partition coefficient (Wildman–Crippen LogP) is 3.01. The Balaban J connectivity index is 1.90. The minimum atomic E-state index is 0.882. The van der Waals surface area contributed by atoms with Crippen LogP contribution in [-0.2, 0) is 13.1 Å². The topological polar surface area (TPSA) is 28.4 Å². The van der Waals surface area contributed by atoms with Crippen LogP contribution in [0.5, 0.6) is 0 Å². The van der Waals surface area contributed by atoms with E-state index in [2.05, 4.69) is 30.1 Å². The van der Waals surface area contributed by atoms with Crippen molar-refractivity contribution < 1.29 is 4.42 Å². The van der Waals surface area contributed by atoms with Gasteiger partial charge in [-0.1, -0.05) is 13.8 Å². The molecule has 0 aromatic carbocycles. The number of hydrogen-bond donors (Lipinski definition) is 1. The third-order valence-corrected chi connectivity index (χ3v) is 3.88. The standard InChI is InChI=1S/C15H26N2O/c1-3-16-11-14-7-10-18-15(14)12-17-8-4-5-13(2)6-9-17/h7,10,13,16H,3-6,8-9,11-12H2,1-2H3. The Hall–Kier alpha value is -0.800. The summed E-state index contributed by atoms with van der Waals surface area (Å²) in [5.41, 5.74) is 1.31. The Morgan fingerprint density at radius 2 is 2.28 bits per heavy atom. The quantitative estimate of drug-likeness (QED) is 0.871. The first-order valence-electron chi connectivity index (χ1n) is 7.28. The van der Waals surface area contributed by atoms with Crippen molar-refractivity contribution >= 4 is 0 Å². The minimum Gasteiger partial charge on any atom is -0.468 e. The van der Waals surface area contributed by atoms with E-state index in [0.717, 1.165) is 31.3 Å². The van der Waals surface area contributed by atoms with Crippen LogP contribution in [0, 0.1) is 5.92 Å². The van der Waals surface area contributed by atoms with Gasteiger partial charge in [-0.3, -0.25) is 4.90 Å². The average molecular weight is 250 g/mol. The Morgan fingerprint density at radius 3 is 3.11 bits per heavy atom. The molecule has 1 N–H and O–H groups in total. The van der Waals surface area contributed by atoms with Crippen molar-refractivity contribution in [2.45, 2.75) is 46.2 Å². The molecule has 2 rings (SSSR count). The zero-order valence-corrected chi connectivity index (χ0v) is 11.7. The fraction of sp³-hybridized carbons (Fsp3) is 0.733. The van der Waals surface area contributed by atoms with Crippen molar-refractivity contribution in [2.75, 3.05) is 19.6 Å². The van der Waals surface area contributed by atoms with Gasteiger partial charge in [0.1, 0.15) is 5.76 Å². The van der Waals surface area contributed by atoms with Crippen LogP contribution in [0.1, 0.15) is 44.4 Å². The highest BCUT2D eigenvalue weighted by Crippen LogP contribution is 2.20. The Bertz CT molecular complexity index is 348. The lowest BCUT2D eigenvalue weighted by Crippen LogP contribution is -2.25. The maximum absolute atomic E-state index is 5.65. The highest BCUT2D eigenvalue weighted by atomic mass is 16.3. The Morgan fingerprint density at radius 1 is 1.39 bits per heavy atom. The summed E-state index contributed by atoms with van der Waals surface area (Å²) in [6.45, 7) is 9.83. The summed E-state index contributed by atoms with van der Waals surface area (Å²) in [4.78, 5) is 2.54. The zero-order chi connectivity index (χ0) is 12.8. The van der Waals surface area contributed by atoms with E-state index in [-0.39, 0.29) is 0 Å². The van der Waals surface area contributed by atoms with Crippen LogP contribution >= 0.6 is 0 Å². The molecule has 0 amide bonds. The van der Waals surface area contributed by atoms with Crippen molar-refractivity contribution in [1.82, 2.24) is 10.2 Å². The van der Waals surface area contributed by atoms with E-state index in [1.54, 1.807) is 0 Å². The van der Waals surface area contributed by atoms with E-state index in [1.807, 2.05) is 6.26 Å². The lowest BCUT2D eigenvalue weighted by atomic mass is 10.0. The summed E-state index contributed by atoms with van der Waals surface area (Å²) in [5.74, 6) is 2.03. The van der Waals surface area contributed by atoms with E-state index in [0.29, 0.717) is 0 Å². The summed E-state index contributed by atoms with van der Waals surface area (Å²) >= 11 is 0. The van der Waals surface area contributed by atoms with E-state index >= 15 is 0 Å². The average Bonchev–Trinajstić information content (AvgIpc) is 2.70. The second kappa shape index (κ2) is 6.95. The molecule has 1 fully saturated rings. The largest absolute Gasteiger partial charge is 0.468 e. The Kier molecular flexibility index (Phi) is 5.26. The molecule has 1 aliphatic heterocycles. The van der Waals surface area contributed by atoms with Gasteiger partial charge < -0.3 is 9.73 Å². The number of rotatable bonds is 5. The van der Waals surface area contributed by atoms with Gasteiger partial charge in [0.05, 0.1) is 12.8 Å². The summed E-state index contributed by atoms with van der Waals surface area (Å²) < 4.78 is 5.65. The number of hydrogen-bond acceptors (Lipinski definition) is 3. The molecule has 0 aliphatic carbocycles. The van der Waals surface area contributed by atoms with Gasteiger partial charge >= 0.3 is 0 Å². The maximum atomic E-state index is 5.65. The summed E-state index contributed by atoms with van der Waals surface area (Å²) in [5, 5.41) is 3.37. The smallest absolute Gasteiger partial charge is 0.122 e. The molecule has 0 spiro atoms. The van der Waals surface area contributed by atoms with Gasteiger partial charge in [-0.25, -0.2) is 0 Å². The maximum Gasteiger partial charge on any atom is 0.122 e. The first-order valence-corrected chi connectivity index (χ1v) is 7.28. The van der Waals surface area contributed by atoms with Crippen LogP contribution in [0.25, 0.3) is 0 Å². The molecule has 1 atom stereocenters. The monoisotopic (exact) mass is 250 g/mol. The highest BCUT2D eigenvalue weighted by Gasteiger charge is 2.16. The summed E-state index contributed by atoms with van der Waals surface area (Å²) in [7, 11) is 0. The molecule has 0 saturated carbocycles. The number of likely N-dealkylation sites (tertiary alicyclic amines) is 1. The zero-order valence-electron chi connectivity index (χ0n) is 11.7. The molecule has 1 saturated heterocycles. The van der Waals surface area contributed by atoms with E-state index in [1.165, 1.54) is 37.9 Å². The molecule has 18 heavy (non-hydrogen) atoms. The van der Waals surface area contributed by atoms with Crippen LogP contribution in [-0.4, -0.2) is 24.5 Å². The molecular formula is C15H26N2O. The van der Waals surface area contributed by atoms with Crippen molar-refractivity contribution in [3.05, 3.63) is 23.7 Å². The lowest BCUT2D eigenvalue weighted by molar-refractivity contribution is 0.249. The van der Waals surface area contributed by atoms with Gasteiger partial charge in [-0.15, -0.1) is 0 Å². The fourth-order valence-corrected chi connectivity index (χ4v) is 2.61. The third-order valence-electron chi connectivity index (χ3n) is 3.88. The second-order valence-corrected chi connectivity index (χ2v) is 5.46. The molecule has 0 bridgehead atoms. The summed E-state index contributed by atoms with van der Waals surface area (Å²) in [6.07, 6.45) is 5.84. The molecule has 102 valence electrons. The number of nitrogens with zero attached hydrogens (tertiary/aromatic N) is 1. The SMILES string of the molecule is CCNCc1ccoc1CN1CCCC(C)CC1. The second-order valence-electron chi connectivity index (χ2n) is 5.46. The van der Waals surface area contributed by atoms with Crippen molar-refractivity contribution in [1.29, 1.82) is 0 Å². The highest BCUT2D eigenvalue weighted by molar-refractivity contribution is 5.16. The van der Waals surface area contributed by atoms with E-state index < -0.39 is 0 Å². The van der Waals surface area contributed by atoms with E-state index in [9.17, 15) is 0 Å². The van der Waals surface area contributed by atoms with Crippen LogP contribution in [0.3, 0.4) is 0 Å². The first-order chi connectivity index (χ1) is 8.79. The van der Waals surface area contributed by atoms with Crippen molar-refractivity contribution in [3.63, 3.8) is 0 Å². The van der Waals surface area contributed by atoms with Gasteiger partial charge in [0.2, 0.25) is 0 Å². The number of nitrogens with one attached hydrogen (secondary N) is 1. The minimum absolute atomic E-state index is 0.882. The molecule has 1 unspecified atom stereocenters. The number of furan rings is 1. The molecule has 1 aliphatic rings. The van der Waals surface area contributed by atoms with Gasteiger partial charge in [0.15, 0.2) is 0 Å². The fourth-order valence-electron chi connectivity index (χ4n) is 2.61. The lowest BCUT2D eigenvalue weighted by Gasteiger charge is -2.19. The molecule has 0 radical (unpaired) electrons. The third kappa shape index (κ3) is 3.85. The Labute approximate surface area is 111 Å². The molecule has 1 aromatic rings. The van der Waals surface area contributed by atoms with Gasteiger partial charge in [0.25, 0.3) is 0 Å². The van der Waals surface area contributed by atoms with Gasteiger partial charge in [-0.2, -0.15) is 0 Å². The molecule has 3 nitrogen and oxygen atoms in total. The van der Waals surface area contributed by atoms with Crippen molar-refractivity contribution in [2.24, 2.45) is 5.92 Å². The van der Waals surface area contributed by atoms with Crippen LogP contribution < -0.4 is 5.32 Å². The van der Waals surface area contributed by atoms with Gasteiger partial charge in [0, 0.05) is 12.1 Å². The van der Waals surface area contributed by atoms with Crippen LogP contribution in [0.4, 0.5) is 0 Å². The predicted molar refractivity (Wildman–Crippen MR) is 74.4 cm³/mol. The van der Waals surface area contributed by atoms with Gasteiger partial charge in [-0.05, 0) is 50.9 Å². The molecular weight excluding hydrogens is 224 g/mol. The molecule has 3 heteroatoms. The first kappa shape index (κ1) is 13.6. The van der Waals surface area contributed by atoms with Crippen LogP contribution in [0.2, 0.25) is 0 Å². The van der Waals surface area contributed by atoms with E-state index in [4.69, 9.17) is 4.42 Å². The molecule has 2 heterocycles. The van der Waals surface area contributed by atoms with Crippen molar-refractivity contribution in [3.8, 4) is 0 Å². The summed E-state index contributed by atoms with van der Waals surface area (Å²) in [6, 6.07) is 2.10. The molecule has 1 aromatic heterocycles. The van der Waals surface area contributed by atoms with Crippen LogP contribution in [0.15, 0.2) is 16.7 Å².